The molecule has 2 aromatic carbocycles. The molecular formula is C21H18ClF3N2O3. The Labute approximate surface area is 174 Å². The number of aliphatic hydroxyl groups is 1. The highest BCUT2D eigenvalue weighted by atomic mass is 35.5. The summed E-state index contributed by atoms with van der Waals surface area (Å²) in [6, 6.07) is 8.64. The number of amides is 1. The number of carbonyl (C=O) groups is 1. The molecule has 0 aliphatic carbocycles. The Kier molecular flexibility index (Phi) is 6.19. The molecule has 3 aromatic rings. The molecule has 0 aliphatic rings. The van der Waals surface area contributed by atoms with E-state index in [2.05, 4.69) is 5.32 Å². The molecule has 9 heteroatoms. The van der Waals surface area contributed by atoms with E-state index in [-0.39, 0.29) is 40.2 Å². The Balaban J connectivity index is 1.92. The monoisotopic (exact) mass is 438 g/mol. The van der Waals surface area contributed by atoms with Crippen LogP contribution in [0.25, 0.3) is 10.8 Å². The van der Waals surface area contributed by atoms with E-state index in [9.17, 15) is 27.9 Å². The van der Waals surface area contributed by atoms with Crippen molar-refractivity contribution in [3.8, 4) is 0 Å². The Morgan fingerprint density at radius 2 is 1.93 bits per heavy atom. The number of pyridine rings is 1. The van der Waals surface area contributed by atoms with Crippen LogP contribution in [0.3, 0.4) is 0 Å². The van der Waals surface area contributed by atoms with Gasteiger partial charge in [0.25, 0.3) is 5.56 Å². The van der Waals surface area contributed by atoms with Crippen LogP contribution in [0.5, 0.6) is 0 Å². The number of alkyl halides is 3. The lowest BCUT2D eigenvalue weighted by Gasteiger charge is -2.15. The van der Waals surface area contributed by atoms with E-state index in [4.69, 9.17) is 11.6 Å². The molecule has 1 heterocycles. The maximum Gasteiger partial charge on any atom is 0.416 e. The minimum atomic E-state index is -4.50. The van der Waals surface area contributed by atoms with Crippen LogP contribution >= 0.6 is 11.6 Å². The molecule has 0 fully saturated rings. The number of rotatable bonds is 5. The van der Waals surface area contributed by atoms with Gasteiger partial charge in [0.1, 0.15) is 0 Å². The fraction of sp³-hybridized carbons (Fsp3) is 0.238. The summed E-state index contributed by atoms with van der Waals surface area (Å²) in [5.41, 5.74) is -0.807. The van der Waals surface area contributed by atoms with Gasteiger partial charge in [-0.3, -0.25) is 9.59 Å². The number of anilines is 1. The normalized spacial score (nSPS) is 12.7. The van der Waals surface area contributed by atoms with Crippen LogP contribution in [0.2, 0.25) is 5.02 Å². The Hall–Kier alpha value is -2.84. The first-order chi connectivity index (χ1) is 14.1. The lowest BCUT2D eigenvalue weighted by atomic mass is 10.1. The first-order valence-electron chi connectivity index (χ1n) is 9.02. The molecule has 158 valence electrons. The maximum absolute atomic E-state index is 12.9. The van der Waals surface area contributed by atoms with Crippen LogP contribution in [0, 0.1) is 0 Å². The molecule has 1 atom stereocenters. The van der Waals surface area contributed by atoms with Crippen molar-refractivity contribution >= 4 is 34.0 Å². The summed E-state index contributed by atoms with van der Waals surface area (Å²) in [5, 5.41) is 12.8. The van der Waals surface area contributed by atoms with Crippen molar-refractivity contribution in [2.45, 2.75) is 25.6 Å². The zero-order valence-corrected chi connectivity index (χ0v) is 16.6. The molecule has 0 radical (unpaired) electrons. The molecule has 0 bridgehead atoms. The molecule has 0 saturated heterocycles. The second-order valence-corrected chi connectivity index (χ2v) is 7.27. The molecule has 2 N–H and O–H groups in total. The number of hydrogen-bond acceptors (Lipinski definition) is 3. The molecule has 0 saturated carbocycles. The van der Waals surface area contributed by atoms with Crippen molar-refractivity contribution in [2.75, 3.05) is 11.9 Å². The average molecular weight is 439 g/mol. The van der Waals surface area contributed by atoms with Crippen molar-refractivity contribution in [2.24, 2.45) is 0 Å². The zero-order chi connectivity index (χ0) is 22.1. The smallest absolute Gasteiger partial charge is 0.394 e. The summed E-state index contributed by atoms with van der Waals surface area (Å²) in [5.74, 6) is -0.573. The molecular weight excluding hydrogens is 421 g/mol. The van der Waals surface area contributed by atoms with Crippen molar-refractivity contribution < 1.29 is 23.1 Å². The van der Waals surface area contributed by atoms with Gasteiger partial charge >= 0.3 is 6.18 Å². The standard InChI is InChI=1S/C21H18ClF3N2O3/c1-12(11-28)27-8-7-15-16(20(27)30)5-6-17(22)19(15)26-18(29)10-13-3-2-4-14(9-13)21(23,24)25/h2-9,12,28H,10-11H2,1H3,(H,26,29)/t12-/m1/s1. The third kappa shape index (κ3) is 4.49. The maximum atomic E-state index is 12.9. The number of benzene rings is 2. The van der Waals surface area contributed by atoms with Crippen LogP contribution in [0.15, 0.2) is 53.5 Å². The summed E-state index contributed by atoms with van der Waals surface area (Å²) >= 11 is 6.20. The van der Waals surface area contributed by atoms with Crippen molar-refractivity contribution in [3.05, 3.63) is 75.2 Å². The minimum Gasteiger partial charge on any atom is -0.394 e. The number of halogens is 4. The average Bonchev–Trinajstić information content (AvgIpc) is 2.69. The Morgan fingerprint density at radius 1 is 1.20 bits per heavy atom. The van der Waals surface area contributed by atoms with E-state index >= 15 is 0 Å². The SMILES string of the molecule is C[C@H](CO)n1ccc2c(NC(=O)Cc3cccc(C(F)(F)F)c3)c(Cl)ccc2c1=O. The second kappa shape index (κ2) is 8.49. The number of aromatic nitrogens is 1. The van der Waals surface area contributed by atoms with Gasteiger partial charge in [0.15, 0.2) is 0 Å². The number of hydrogen-bond donors (Lipinski definition) is 2. The van der Waals surface area contributed by atoms with Gasteiger partial charge in [-0.2, -0.15) is 13.2 Å². The molecule has 0 unspecified atom stereocenters. The van der Waals surface area contributed by atoms with Crippen LogP contribution in [-0.2, 0) is 17.4 Å². The topological polar surface area (TPSA) is 71.3 Å². The highest BCUT2D eigenvalue weighted by Crippen LogP contribution is 2.31. The summed E-state index contributed by atoms with van der Waals surface area (Å²) in [7, 11) is 0. The van der Waals surface area contributed by atoms with E-state index in [1.54, 1.807) is 13.0 Å². The Bertz CT molecular complexity index is 1160. The first-order valence-corrected chi connectivity index (χ1v) is 9.40. The van der Waals surface area contributed by atoms with Crippen LogP contribution in [0.1, 0.15) is 24.1 Å². The fourth-order valence-corrected chi connectivity index (χ4v) is 3.31. The zero-order valence-electron chi connectivity index (χ0n) is 15.8. The van der Waals surface area contributed by atoms with Gasteiger partial charge in [0, 0.05) is 17.0 Å². The van der Waals surface area contributed by atoms with Gasteiger partial charge in [0.05, 0.1) is 35.3 Å². The predicted molar refractivity (Wildman–Crippen MR) is 109 cm³/mol. The molecule has 3 rings (SSSR count). The van der Waals surface area contributed by atoms with E-state index in [0.29, 0.717) is 5.39 Å². The van der Waals surface area contributed by atoms with Crippen LogP contribution in [-0.4, -0.2) is 22.2 Å². The fourth-order valence-electron chi connectivity index (χ4n) is 3.10. The second-order valence-electron chi connectivity index (χ2n) is 6.87. The molecule has 0 spiro atoms. The van der Waals surface area contributed by atoms with Gasteiger partial charge in [-0.1, -0.05) is 29.8 Å². The van der Waals surface area contributed by atoms with Crippen molar-refractivity contribution in [1.82, 2.24) is 4.57 Å². The van der Waals surface area contributed by atoms with Gasteiger partial charge in [-0.25, -0.2) is 0 Å². The number of carbonyl (C=O) groups excluding carboxylic acids is 1. The highest BCUT2D eigenvalue weighted by Gasteiger charge is 2.30. The van der Waals surface area contributed by atoms with Gasteiger partial charge in [-0.15, -0.1) is 0 Å². The third-order valence-corrected chi connectivity index (χ3v) is 5.00. The number of nitrogens with zero attached hydrogens (tertiary/aromatic N) is 1. The summed E-state index contributed by atoms with van der Waals surface area (Å²) in [6.07, 6.45) is -3.31. The highest BCUT2D eigenvalue weighted by molar-refractivity contribution is 6.35. The van der Waals surface area contributed by atoms with Crippen LogP contribution < -0.4 is 10.9 Å². The quantitative estimate of drug-likeness (QED) is 0.620. The number of nitrogens with one attached hydrogen (secondary N) is 1. The molecule has 1 amide bonds. The van der Waals surface area contributed by atoms with E-state index in [1.165, 1.54) is 35.0 Å². The predicted octanol–water partition coefficient (Wildman–Crippen LogP) is 4.41. The van der Waals surface area contributed by atoms with Gasteiger partial charge in [0.2, 0.25) is 5.91 Å². The number of aliphatic hydroxyl groups excluding tert-OH is 1. The summed E-state index contributed by atoms with van der Waals surface area (Å²) in [6.45, 7) is 1.46. The first kappa shape index (κ1) is 21.9. The van der Waals surface area contributed by atoms with Crippen LogP contribution in [0.4, 0.5) is 18.9 Å². The van der Waals surface area contributed by atoms with Crippen molar-refractivity contribution in [1.29, 1.82) is 0 Å². The van der Waals surface area contributed by atoms with Gasteiger partial charge < -0.3 is 15.0 Å². The molecule has 0 aliphatic heterocycles. The number of fused-ring (bicyclic) bond motifs is 1. The third-order valence-electron chi connectivity index (χ3n) is 4.68. The summed E-state index contributed by atoms with van der Waals surface area (Å²) < 4.78 is 40.0. The lowest BCUT2D eigenvalue weighted by Crippen LogP contribution is -2.25. The molecule has 30 heavy (non-hydrogen) atoms. The molecule has 1 aromatic heterocycles. The van der Waals surface area contributed by atoms with E-state index < -0.39 is 23.7 Å². The summed E-state index contributed by atoms with van der Waals surface area (Å²) in [4.78, 5) is 25.2. The van der Waals surface area contributed by atoms with E-state index in [1.807, 2.05) is 0 Å². The lowest BCUT2D eigenvalue weighted by molar-refractivity contribution is -0.137. The van der Waals surface area contributed by atoms with Crippen molar-refractivity contribution in [3.63, 3.8) is 0 Å². The minimum absolute atomic E-state index is 0.187. The molecule has 5 nitrogen and oxygen atoms in total. The van der Waals surface area contributed by atoms with E-state index in [0.717, 1.165) is 12.1 Å². The van der Waals surface area contributed by atoms with Gasteiger partial charge in [-0.05, 0) is 36.8 Å². The Morgan fingerprint density at radius 3 is 2.60 bits per heavy atom. The largest absolute Gasteiger partial charge is 0.416 e.